The number of nitrogens with zero attached hydrogens (tertiary/aromatic N) is 1. The summed E-state index contributed by atoms with van der Waals surface area (Å²) in [6.07, 6.45) is 1.84. The number of aromatic nitrogens is 1. The van der Waals surface area contributed by atoms with E-state index in [-0.39, 0.29) is 0 Å². The van der Waals surface area contributed by atoms with E-state index < -0.39 is 6.10 Å². The molecule has 0 bridgehead atoms. The lowest BCUT2D eigenvalue weighted by Crippen LogP contribution is -1.98. The zero-order valence-electron chi connectivity index (χ0n) is 10.6. The van der Waals surface area contributed by atoms with Gasteiger partial charge in [0.05, 0.1) is 12.3 Å². The first-order valence-corrected chi connectivity index (χ1v) is 6.08. The van der Waals surface area contributed by atoms with E-state index in [2.05, 4.69) is 4.98 Å². The van der Waals surface area contributed by atoms with E-state index in [1.165, 1.54) is 0 Å². The zero-order valence-corrected chi connectivity index (χ0v) is 10.6. The first kappa shape index (κ1) is 12.6. The Bertz CT molecular complexity index is 508. The highest BCUT2D eigenvalue weighted by molar-refractivity contribution is 5.38. The molecule has 94 valence electrons. The van der Waals surface area contributed by atoms with Crippen molar-refractivity contribution in [3.63, 3.8) is 0 Å². The molecule has 0 aliphatic carbocycles. The predicted molar refractivity (Wildman–Crippen MR) is 70.7 cm³/mol. The van der Waals surface area contributed by atoms with Crippen LogP contribution in [0.1, 0.15) is 30.7 Å². The van der Waals surface area contributed by atoms with E-state index in [0.29, 0.717) is 17.9 Å². The molecule has 0 fully saturated rings. The molecule has 1 atom stereocenters. The van der Waals surface area contributed by atoms with Crippen molar-refractivity contribution in [3.05, 3.63) is 53.9 Å². The Morgan fingerprint density at radius 1 is 1.22 bits per heavy atom. The molecule has 0 spiro atoms. The Morgan fingerprint density at radius 3 is 2.67 bits per heavy atom. The van der Waals surface area contributed by atoms with Gasteiger partial charge in [-0.15, -0.1) is 0 Å². The van der Waals surface area contributed by atoms with Gasteiger partial charge >= 0.3 is 0 Å². The molecule has 18 heavy (non-hydrogen) atoms. The molecule has 1 N–H and O–H groups in total. The van der Waals surface area contributed by atoms with Crippen molar-refractivity contribution in [2.75, 3.05) is 0 Å². The van der Waals surface area contributed by atoms with Crippen molar-refractivity contribution in [1.29, 1.82) is 0 Å². The summed E-state index contributed by atoms with van der Waals surface area (Å²) in [7, 11) is 0. The van der Waals surface area contributed by atoms with Crippen LogP contribution >= 0.6 is 0 Å². The van der Waals surface area contributed by atoms with Crippen molar-refractivity contribution in [1.82, 2.24) is 4.98 Å². The Morgan fingerprint density at radius 2 is 2.00 bits per heavy atom. The molecule has 0 saturated heterocycles. The highest BCUT2D eigenvalue weighted by Gasteiger charge is 2.11. The summed E-state index contributed by atoms with van der Waals surface area (Å²) in [6, 6.07) is 11.3. The van der Waals surface area contributed by atoms with Gasteiger partial charge in [-0.25, -0.2) is 0 Å². The molecule has 1 aromatic heterocycles. The molecule has 0 aliphatic heterocycles. The Labute approximate surface area is 107 Å². The largest absolute Gasteiger partial charge is 0.455 e. The van der Waals surface area contributed by atoms with Gasteiger partial charge < -0.3 is 9.84 Å². The molecular formula is C15H17NO2. The fraction of sp³-hybridized carbons (Fsp3) is 0.267. The Kier molecular flexibility index (Phi) is 3.95. The molecule has 2 aromatic rings. The number of aryl methyl sites for hydroxylation is 1. The van der Waals surface area contributed by atoms with E-state index in [9.17, 15) is 5.11 Å². The first-order chi connectivity index (χ1) is 8.70. The van der Waals surface area contributed by atoms with Crippen LogP contribution in [-0.4, -0.2) is 10.1 Å². The summed E-state index contributed by atoms with van der Waals surface area (Å²) in [4.78, 5) is 4.18. The third-order valence-electron chi connectivity index (χ3n) is 2.78. The summed E-state index contributed by atoms with van der Waals surface area (Å²) in [5, 5.41) is 9.94. The van der Waals surface area contributed by atoms with Gasteiger partial charge in [0.25, 0.3) is 0 Å². The molecule has 0 unspecified atom stereocenters. The maximum Gasteiger partial charge on any atom is 0.145 e. The van der Waals surface area contributed by atoms with Gasteiger partial charge in [-0.1, -0.05) is 25.1 Å². The van der Waals surface area contributed by atoms with Crippen molar-refractivity contribution < 1.29 is 9.84 Å². The van der Waals surface area contributed by atoms with Crippen molar-refractivity contribution in [2.45, 2.75) is 26.4 Å². The Hall–Kier alpha value is -1.87. The molecule has 0 aliphatic rings. The standard InChI is InChI=1S/C15H17NO2/c1-3-14(17)13-6-4-5-7-15(13)18-12-9-8-11(2)16-10-12/h4-10,14,17H,3H2,1-2H3/t14-/m0/s1. The maximum absolute atomic E-state index is 9.94. The minimum Gasteiger partial charge on any atom is -0.455 e. The van der Waals surface area contributed by atoms with Gasteiger partial charge in [-0.3, -0.25) is 4.98 Å². The highest BCUT2D eigenvalue weighted by Crippen LogP contribution is 2.30. The van der Waals surface area contributed by atoms with E-state index in [1.54, 1.807) is 6.20 Å². The maximum atomic E-state index is 9.94. The van der Waals surface area contributed by atoms with E-state index >= 15 is 0 Å². The number of hydrogen-bond donors (Lipinski definition) is 1. The van der Waals surface area contributed by atoms with Crippen molar-refractivity contribution in [2.24, 2.45) is 0 Å². The smallest absolute Gasteiger partial charge is 0.145 e. The molecule has 0 amide bonds. The van der Waals surface area contributed by atoms with Crippen LogP contribution in [0.2, 0.25) is 0 Å². The molecule has 1 aromatic carbocycles. The van der Waals surface area contributed by atoms with Gasteiger partial charge in [0.2, 0.25) is 0 Å². The molecule has 3 nitrogen and oxygen atoms in total. The number of ether oxygens (including phenoxy) is 1. The summed E-state index contributed by atoms with van der Waals surface area (Å²) in [6.45, 7) is 3.87. The summed E-state index contributed by atoms with van der Waals surface area (Å²) in [5.74, 6) is 1.36. The number of hydrogen-bond acceptors (Lipinski definition) is 3. The van der Waals surface area contributed by atoms with Crippen molar-refractivity contribution >= 4 is 0 Å². The Balaban J connectivity index is 2.26. The molecule has 2 rings (SSSR count). The highest BCUT2D eigenvalue weighted by atomic mass is 16.5. The van der Waals surface area contributed by atoms with Gasteiger partial charge in [0.1, 0.15) is 11.5 Å². The third-order valence-corrected chi connectivity index (χ3v) is 2.78. The lowest BCUT2D eigenvalue weighted by molar-refractivity contribution is 0.170. The van der Waals surface area contributed by atoms with Crippen LogP contribution in [0.15, 0.2) is 42.6 Å². The van der Waals surface area contributed by atoms with E-state index in [0.717, 1.165) is 11.3 Å². The van der Waals surface area contributed by atoms with Gasteiger partial charge in [0, 0.05) is 11.3 Å². The summed E-state index contributed by atoms with van der Waals surface area (Å²) in [5.41, 5.74) is 1.75. The normalized spacial score (nSPS) is 12.2. The molecule has 1 heterocycles. The number of para-hydroxylation sites is 1. The summed E-state index contributed by atoms with van der Waals surface area (Å²) >= 11 is 0. The van der Waals surface area contributed by atoms with Crippen LogP contribution in [0.3, 0.4) is 0 Å². The van der Waals surface area contributed by atoms with Gasteiger partial charge in [-0.05, 0) is 31.5 Å². The lowest BCUT2D eigenvalue weighted by Gasteiger charge is -2.14. The first-order valence-electron chi connectivity index (χ1n) is 6.08. The second kappa shape index (κ2) is 5.65. The van der Waals surface area contributed by atoms with Crippen LogP contribution in [0.4, 0.5) is 0 Å². The number of rotatable bonds is 4. The topological polar surface area (TPSA) is 42.4 Å². The SMILES string of the molecule is CC[C@H](O)c1ccccc1Oc1ccc(C)nc1. The second-order valence-electron chi connectivity index (χ2n) is 4.20. The van der Waals surface area contributed by atoms with E-state index in [4.69, 9.17) is 4.74 Å². The quantitative estimate of drug-likeness (QED) is 0.891. The molecule has 0 saturated carbocycles. The average Bonchev–Trinajstić information content (AvgIpc) is 2.41. The summed E-state index contributed by atoms with van der Waals surface area (Å²) < 4.78 is 5.76. The van der Waals surface area contributed by atoms with Crippen LogP contribution in [-0.2, 0) is 0 Å². The number of aliphatic hydroxyl groups is 1. The van der Waals surface area contributed by atoms with Crippen LogP contribution < -0.4 is 4.74 Å². The third kappa shape index (κ3) is 2.87. The second-order valence-corrected chi connectivity index (χ2v) is 4.20. The molecule has 0 radical (unpaired) electrons. The zero-order chi connectivity index (χ0) is 13.0. The van der Waals surface area contributed by atoms with Crippen LogP contribution in [0.25, 0.3) is 0 Å². The van der Waals surface area contributed by atoms with Gasteiger partial charge in [0.15, 0.2) is 0 Å². The van der Waals surface area contributed by atoms with E-state index in [1.807, 2.05) is 50.2 Å². The number of aliphatic hydroxyl groups excluding tert-OH is 1. The van der Waals surface area contributed by atoms with Crippen LogP contribution in [0, 0.1) is 6.92 Å². The fourth-order valence-corrected chi connectivity index (χ4v) is 1.71. The fourth-order valence-electron chi connectivity index (χ4n) is 1.71. The van der Waals surface area contributed by atoms with Crippen molar-refractivity contribution in [3.8, 4) is 11.5 Å². The lowest BCUT2D eigenvalue weighted by atomic mass is 10.1. The number of benzene rings is 1. The predicted octanol–water partition coefficient (Wildman–Crippen LogP) is 3.63. The molecule has 3 heteroatoms. The molecular weight excluding hydrogens is 226 g/mol. The van der Waals surface area contributed by atoms with Crippen LogP contribution in [0.5, 0.6) is 11.5 Å². The van der Waals surface area contributed by atoms with Gasteiger partial charge in [-0.2, -0.15) is 0 Å². The minimum absolute atomic E-state index is 0.500. The number of pyridine rings is 1. The monoisotopic (exact) mass is 243 g/mol. The minimum atomic E-state index is -0.500. The average molecular weight is 243 g/mol.